The summed E-state index contributed by atoms with van der Waals surface area (Å²) in [6.07, 6.45) is 3.43. The summed E-state index contributed by atoms with van der Waals surface area (Å²) in [7, 11) is 1.60. The van der Waals surface area contributed by atoms with Gasteiger partial charge in [-0.05, 0) is 24.1 Å². The zero-order valence-corrected chi connectivity index (χ0v) is 10.5. The number of rotatable bonds is 4. The topological polar surface area (TPSA) is 73.1 Å². The summed E-state index contributed by atoms with van der Waals surface area (Å²) >= 11 is 0. The standard InChI is InChI=1S/C13H16N4O/c1-9-5-12(16-8-11(9)14)15-6-10-3-4-13(18-2)17-7-10/h3-5,7-8H,6,14H2,1-2H3,(H,15,16). The Morgan fingerprint density at radius 1 is 1.28 bits per heavy atom. The molecule has 0 fully saturated rings. The third-order valence-electron chi connectivity index (χ3n) is 2.63. The fraction of sp³-hybridized carbons (Fsp3) is 0.231. The van der Waals surface area contributed by atoms with E-state index in [1.165, 1.54) is 0 Å². The van der Waals surface area contributed by atoms with Crippen molar-refractivity contribution in [1.29, 1.82) is 0 Å². The smallest absolute Gasteiger partial charge is 0.212 e. The first-order chi connectivity index (χ1) is 8.69. The highest BCUT2D eigenvalue weighted by Gasteiger charge is 1.99. The Hall–Kier alpha value is -2.30. The van der Waals surface area contributed by atoms with Crippen LogP contribution >= 0.6 is 0 Å². The molecule has 0 unspecified atom stereocenters. The molecular formula is C13H16N4O. The van der Waals surface area contributed by atoms with Crippen molar-refractivity contribution in [2.75, 3.05) is 18.2 Å². The van der Waals surface area contributed by atoms with Crippen LogP contribution in [0.3, 0.4) is 0 Å². The summed E-state index contributed by atoms with van der Waals surface area (Å²) in [4.78, 5) is 8.35. The van der Waals surface area contributed by atoms with E-state index in [-0.39, 0.29) is 0 Å². The fourth-order valence-corrected chi connectivity index (χ4v) is 1.49. The van der Waals surface area contributed by atoms with Gasteiger partial charge in [-0.3, -0.25) is 0 Å². The van der Waals surface area contributed by atoms with Crippen LogP contribution in [0.4, 0.5) is 11.5 Å². The molecule has 0 bridgehead atoms. The molecule has 5 heteroatoms. The first-order valence-corrected chi connectivity index (χ1v) is 5.64. The van der Waals surface area contributed by atoms with Gasteiger partial charge >= 0.3 is 0 Å². The van der Waals surface area contributed by atoms with E-state index in [2.05, 4.69) is 15.3 Å². The third-order valence-corrected chi connectivity index (χ3v) is 2.63. The number of nitrogens with one attached hydrogen (secondary N) is 1. The van der Waals surface area contributed by atoms with Gasteiger partial charge in [0, 0.05) is 18.8 Å². The van der Waals surface area contributed by atoms with Gasteiger partial charge in [-0.25, -0.2) is 9.97 Å². The van der Waals surface area contributed by atoms with Gasteiger partial charge in [-0.1, -0.05) is 6.07 Å². The van der Waals surface area contributed by atoms with Crippen molar-refractivity contribution in [3.05, 3.63) is 41.7 Å². The van der Waals surface area contributed by atoms with Crippen LogP contribution in [0.15, 0.2) is 30.6 Å². The second kappa shape index (κ2) is 5.35. The number of methoxy groups -OCH3 is 1. The molecule has 0 aliphatic rings. The van der Waals surface area contributed by atoms with Crippen LogP contribution < -0.4 is 15.8 Å². The maximum atomic E-state index is 5.71. The molecule has 0 amide bonds. The first kappa shape index (κ1) is 12.2. The molecule has 3 N–H and O–H groups in total. The van der Waals surface area contributed by atoms with Gasteiger partial charge in [0.1, 0.15) is 5.82 Å². The molecule has 0 aromatic carbocycles. The number of nitrogen functional groups attached to an aromatic ring is 1. The average molecular weight is 244 g/mol. The number of hydrogen-bond donors (Lipinski definition) is 2. The van der Waals surface area contributed by atoms with Crippen molar-refractivity contribution >= 4 is 11.5 Å². The van der Waals surface area contributed by atoms with Crippen LogP contribution in [0.2, 0.25) is 0 Å². The molecule has 0 saturated heterocycles. The van der Waals surface area contributed by atoms with Gasteiger partial charge in [0.15, 0.2) is 0 Å². The number of aryl methyl sites for hydroxylation is 1. The van der Waals surface area contributed by atoms with Gasteiger partial charge in [0.25, 0.3) is 0 Å². The van der Waals surface area contributed by atoms with E-state index in [1.54, 1.807) is 19.5 Å². The Kier molecular flexibility index (Phi) is 3.62. The van der Waals surface area contributed by atoms with Crippen molar-refractivity contribution in [3.8, 4) is 5.88 Å². The molecule has 2 aromatic rings. The molecular weight excluding hydrogens is 228 g/mol. The van der Waals surface area contributed by atoms with Crippen molar-refractivity contribution in [1.82, 2.24) is 9.97 Å². The van der Waals surface area contributed by atoms with Gasteiger partial charge < -0.3 is 15.8 Å². The highest BCUT2D eigenvalue weighted by atomic mass is 16.5. The van der Waals surface area contributed by atoms with Crippen LogP contribution in [-0.2, 0) is 6.54 Å². The molecule has 2 rings (SSSR count). The lowest BCUT2D eigenvalue weighted by Crippen LogP contribution is -2.03. The molecule has 94 valence electrons. The SMILES string of the molecule is COc1ccc(CNc2cc(C)c(N)cn2)cn1. The molecule has 0 atom stereocenters. The number of anilines is 2. The number of nitrogens with zero attached hydrogens (tertiary/aromatic N) is 2. The number of hydrogen-bond acceptors (Lipinski definition) is 5. The minimum absolute atomic E-state index is 0.611. The van der Waals surface area contributed by atoms with Crippen LogP contribution in [0.1, 0.15) is 11.1 Å². The predicted octanol–water partition coefficient (Wildman–Crippen LogP) is 1.99. The van der Waals surface area contributed by atoms with E-state index in [1.807, 2.05) is 25.1 Å². The summed E-state index contributed by atoms with van der Waals surface area (Å²) in [5.41, 5.74) is 8.49. The van der Waals surface area contributed by atoms with Crippen LogP contribution in [0.25, 0.3) is 0 Å². The van der Waals surface area contributed by atoms with Gasteiger partial charge in [-0.2, -0.15) is 0 Å². The zero-order chi connectivity index (χ0) is 13.0. The maximum Gasteiger partial charge on any atom is 0.212 e. The average Bonchev–Trinajstić information content (AvgIpc) is 2.41. The number of pyridine rings is 2. The molecule has 18 heavy (non-hydrogen) atoms. The van der Waals surface area contributed by atoms with Crippen molar-refractivity contribution in [2.45, 2.75) is 13.5 Å². The Morgan fingerprint density at radius 2 is 2.11 bits per heavy atom. The van der Waals surface area contributed by atoms with Crippen LogP contribution in [0, 0.1) is 6.92 Å². The third kappa shape index (κ3) is 2.88. The second-order valence-electron chi connectivity index (χ2n) is 3.99. The van der Waals surface area contributed by atoms with Crippen molar-refractivity contribution < 1.29 is 4.74 Å². The number of aromatic nitrogens is 2. The summed E-state index contributed by atoms with van der Waals surface area (Å²) < 4.78 is 5.00. The van der Waals surface area contributed by atoms with E-state index in [9.17, 15) is 0 Å². The molecule has 2 heterocycles. The number of ether oxygens (including phenoxy) is 1. The Bertz CT molecular complexity index is 525. The van der Waals surface area contributed by atoms with Crippen molar-refractivity contribution in [2.24, 2.45) is 0 Å². The lowest BCUT2D eigenvalue weighted by Gasteiger charge is -2.07. The van der Waals surface area contributed by atoms with Gasteiger partial charge in [0.2, 0.25) is 5.88 Å². The van der Waals surface area contributed by atoms with Crippen molar-refractivity contribution in [3.63, 3.8) is 0 Å². The molecule has 5 nitrogen and oxygen atoms in total. The van der Waals surface area contributed by atoms with E-state index in [4.69, 9.17) is 10.5 Å². The Morgan fingerprint density at radius 3 is 2.72 bits per heavy atom. The summed E-state index contributed by atoms with van der Waals surface area (Å²) in [5.74, 6) is 1.41. The minimum atomic E-state index is 0.611. The minimum Gasteiger partial charge on any atom is -0.481 e. The summed E-state index contributed by atoms with van der Waals surface area (Å²) in [6, 6.07) is 5.72. The van der Waals surface area contributed by atoms with Gasteiger partial charge in [0.05, 0.1) is 19.0 Å². The van der Waals surface area contributed by atoms with Crippen LogP contribution in [0.5, 0.6) is 5.88 Å². The first-order valence-electron chi connectivity index (χ1n) is 5.64. The van der Waals surface area contributed by atoms with Crippen LogP contribution in [-0.4, -0.2) is 17.1 Å². The lowest BCUT2D eigenvalue weighted by atomic mass is 10.2. The monoisotopic (exact) mass is 244 g/mol. The maximum absolute atomic E-state index is 5.71. The lowest BCUT2D eigenvalue weighted by molar-refractivity contribution is 0.397. The van der Waals surface area contributed by atoms with E-state index < -0.39 is 0 Å². The number of nitrogens with two attached hydrogens (primary N) is 1. The fourth-order valence-electron chi connectivity index (χ4n) is 1.49. The quantitative estimate of drug-likeness (QED) is 0.860. The second-order valence-corrected chi connectivity index (χ2v) is 3.99. The van der Waals surface area contributed by atoms with E-state index >= 15 is 0 Å². The highest BCUT2D eigenvalue weighted by molar-refractivity contribution is 5.50. The van der Waals surface area contributed by atoms with E-state index in [0.29, 0.717) is 18.1 Å². The summed E-state index contributed by atoms with van der Waals surface area (Å²) in [6.45, 7) is 2.62. The Labute approximate surface area is 106 Å². The zero-order valence-electron chi connectivity index (χ0n) is 10.5. The normalized spacial score (nSPS) is 10.1. The molecule has 0 spiro atoms. The van der Waals surface area contributed by atoms with Gasteiger partial charge in [-0.15, -0.1) is 0 Å². The summed E-state index contributed by atoms with van der Waals surface area (Å²) in [5, 5.41) is 3.22. The Balaban J connectivity index is 1.99. The highest BCUT2D eigenvalue weighted by Crippen LogP contribution is 2.14. The van der Waals surface area contributed by atoms with E-state index in [0.717, 1.165) is 16.9 Å². The molecule has 2 aromatic heterocycles. The largest absolute Gasteiger partial charge is 0.481 e. The predicted molar refractivity (Wildman–Crippen MR) is 71.5 cm³/mol. The molecule has 0 radical (unpaired) electrons. The molecule has 0 aliphatic carbocycles. The molecule has 0 saturated carbocycles. The molecule has 0 aliphatic heterocycles.